The molecule has 0 bridgehead atoms. The molecule has 1 fully saturated rings. The number of carboxylic acids is 1. The van der Waals surface area contributed by atoms with Crippen molar-refractivity contribution in [1.29, 1.82) is 0 Å². The maximum Gasteiger partial charge on any atom is 0.329 e. The Labute approximate surface area is 128 Å². The first kappa shape index (κ1) is 16.1. The van der Waals surface area contributed by atoms with E-state index < -0.39 is 17.4 Å². The summed E-state index contributed by atoms with van der Waals surface area (Å²) >= 11 is 0. The summed E-state index contributed by atoms with van der Waals surface area (Å²) in [5, 5.41) is 9.19. The van der Waals surface area contributed by atoms with Gasteiger partial charge in [0.2, 0.25) is 11.8 Å². The first-order chi connectivity index (χ1) is 10.2. The zero-order valence-corrected chi connectivity index (χ0v) is 12.9. The molecule has 0 saturated carbocycles. The van der Waals surface area contributed by atoms with Gasteiger partial charge in [0.25, 0.3) is 0 Å². The van der Waals surface area contributed by atoms with Gasteiger partial charge in [-0.3, -0.25) is 9.59 Å². The first-order valence-electron chi connectivity index (χ1n) is 7.04. The summed E-state index contributed by atoms with van der Waals surface area (Å²) in [5.74, 6) is -1.41. The van der Waals surface area contributed by atoms with E-state index in [1.807, 2.05) is 0 Å². The van der Waals surface area contributed by atoms with Crippen molar-refractivity contribution >= 4 is 17.8 Å². The minimum absolute atomic E-state index is 0.0968. The second-order valence-corrected chi connectivity index (χ2v) is 6.02. The summed E-state index contributed by atoms with van der Waals surface area (Å²) in [6, 6.07) is 3.50. The van der Waals surface area contributed by atoms with Gasteiger partial charge in [-0.2, -0.15) is 0 Å². The monoisotopic (exact) mass is 308 g/mol. The van der Waals surface area contributed by atoms with Crippen LogP contribution in [-0.4, -0.2) is 51.8 Å². The van der Waals surface area contributed by atoms with Crippen LogP contribution in [-0.2, 0) is 20.9 Å². The van der Waals surface area contributed by atoms with Gasteiger partial charge in [-0.25, -0.2) is 4.79 Å². The van der Waals surface area contributed by atoms with Crippen molar-refractivity contribution < 1.29 is 23.9 Å². The molecule has 1 atom stereocenters. The van der Waals surface area contributed by atoms with Crippen LogP contribution in [0.5, 0.6) is 0 Å². The smallest absolute Gasteiger partial charge is 0.329 e. The number of furan rings is 1. The van der Waals surface area contributed by atoms with E-state index in [0.29, 0.717) is 12.3 Å². The van der Waals surface area contributed by atoms with Crippen LogP contribution in [0, 0.1) is 5.92 Å². The van der Waals surface area contributed by atoms with E-state index in [1.54, 1.807) is 17.0 Å². The third-order valence-electron chi connectivity index (χ3n) is 4.18. The van der Waals surface area contributed by atoms with E-state index in [-0.39, 0.29) is 24.8 Å². The zero-order chi connectivity index (χ0) is 16.5. The average molecular weight is 308 g/mol. The molecule has 1 aliphatic heterocycles. The number of carboxylic acid groups (broad SMARTS) is 1. The van der Waals surface area contributed by atoms with E-state index >= 15 is 0 Å². The quantitative estimate of drug-likeness (QED) is 0.874. The highest BCUT2D eigenvalue weighted by molar-refractivity contribution is 5.92. The molecule has 2 amide bonds. The topological polar surface area (TPSA) is 91.1 Å². The van der Waals surface area contributed by atoms with Crippen LogP contribution in [0.4, 0.5) is 0 Å². The van der Waals surface area contributed by atoms with Crippen LogP contribution in [0.2, 0.25) is 0 Å². The van der Waals surface area contributed by atoms with Crippen molar-refractivity contribution in [2.24, 2.45) is 5.92 Å². The van der Waals surface area contributed by atoms with Crippen molar-refractivity contribution in [3.63, 3.8) is 0 Å². The molecule has 1 aromatic rings. The number of amides is 2. The summed E-state index contributed by atoms with van der Waals surface area (Å²) < 4.78 is 5.21. The molecule has 0 aliphatic carbocycles. The van der Waals surface area contributed by atoms with Gasteiger partial charge in [-0.05, 0) is 26.0 Å². The summed E-state index contributed by atoms with van der Waals surface area (Å²) in [4.78, 5) is 38.5. The lowest BCUT2D eigenvalue weighted by atomic mass is 10.00. The second-order valence-electron chi connectivity index (χ2n) is 6.02. The Kier molecular flexibility index (Phi) is 4.25. The van der Waals surface area contributed by atoms with Crippen molar-refractivity contribution in [2.75, 3.05) is 13.6 Å². The molecule has 7 heteroatoms. The van der Waals surface area contributed by atoms with Gasteiger partial charge >= 0.3 is 5.97 Å². The molecule has 0 radical (unpaired) electrons. The van der Waals surface area contributed by atoms with Gasteiger partial charge in [0, 0.05) is 20.0 Å². The third-order valence-corrected chi connectivity index (χ3v) is 4.18. The number of carbonyl (C=O) groups excluding carboxylic acids is 2. The van der Waals surface area contributed by atoms with Crippen LogP contribution in [0.25, 0.3) is 0 Å². The van der Waals surface area contributed by atoms with Crippen molar-refractivity contribution in [1.82, 2.24) is 9.80 Å². The van der Waals surface area contributed by atoms with E-state index in [0.717, 1.165) is 0 Å². The summed E-state index contributed by atoms with van der Waals surface area (Å²) in [6.45, 7) is 3.52. The first-order valence-corrected chi connectivity index (χ1v) is 7.04. The number of hydrogen-bond donors (Lipinski definition) is 1. The number of aliphatic carboxylic acids is 1. The molecule has 1 aliphatic rings. The highest BCUT2D eigenvalue weighted by atomic mass is 16.4. The molecule has 0 aromatic carbocycles. The number of nitrogens with zero attached hydrogens (tertiary/aromatic N) is 2. The molecule has 1 unspecified atom stereocenters. The molecule has 7 nitrogen and oxygen atoms in total. The largest absolute Gasteiger partial charge is 0.480 e. The number of likely N-dealkylation sites (N-methyl/N-ethyl adjacent to an activating group) is 1. The van der Waals surface area contributed by atoms with Gasteiger partial charge in [0.1, 0.15) is 11.3 Å². The Morgan fingerprint density at radius 1 is 1.50 bits per heavy atom. The predicted octanol–water partition coefficient (Wildman–Crippen LogP) is 0.950. The fraction of sp³-hybridized carbons (Fsp3) is 0.533. The van der Waals surface area contributed by atoms with Crippen LogP contribution in [0.1, 0.15) is 26.0 Å². The fourth-order valence-corrected chi connectivity index (χ4v) is 2.37. The van der Waals surface area contributed by atoms with Gasteiger partial charge in [-0.15, -0.1) is 0 Å². The Hall–Kier alpha value is -2.31. The SMILES string of the molecule is CN(C(=O)C1CC(=O)N(Cc2ccco2)C1)C(C)(C)C(=O)O. The second kappa shape index (κ2) is 5.82. The summed E-state index contributed by atoms with van der Waals surface area (Å²) in [7, 11) is 1.45. The molecule has 0 spiro atoms. The Balaban J connectivity index is 2.03. The molecule has 2 heterocycles. The minimum Gasteiger partial charge on any atom is -0.480 e. The van der Waals surface area contributed by atoms with Gasteiger partial charge in [0.05, 0.1) is 18.7 Å². The molecule has 1 saturated heterocycles. The molecule has 22 heavy (non-hydrogen) atoms. The van der Waals surface area contributed by atoms with E-state index in [4.69, 9.17) is 4.42 Å². The molecule has 1 aromatic heterocycles. The maximum atomic E-state index is 12.5. The average Bonchev–Trinajstić information content (AvgIpc) is 3.08. The number of hydrogen-bond acceptors (Lipinski definition) is 4. The predicted molar refractivity (Wildman–Crippen MR) is 76.7 cm³/mol. The van der Waals surface area contributed by atoms with E-state index in [2.05, 4.69) is 0 Å². The molecule has 2 rings (SSSR count). The van der Waals surface area contributed by atoms with Gasteiger partial charge < -0.3 is 19.3 Å². The Morgan fingerprint density at radius 2 is 2.18 bits per heavy atom. The highest BCUT2D eigenvalue weighted by Crippen LogP contribution is 2.25. The number of likely N-dealkylation sites (tertiary alicyclic amines) is 1. The fourth-order valence-electron chi connectivity index (χ4n) is 2.37. The lowest BCUT2D eigenvalue weighted by molar-refractivity contribution is -0.156. The lowest BCUT2D eigenvalue weighted by Crippen LogP contribution is -2.52. The zero-order valence-electron chi connectivity index (χ0n) is 12.9. The third kappa shape index (κ3) is 2.98. The molecular weight excluding hydrogens is 288 g/mol. The van der Waals surface area contributed by atoms with Crippen molar-refractivity contribution in [3.8, 4) is 0 Å². The van der Waals surface area contributed by atoms with E-state index in [9.17, 15) is 19.5 Å². The van der Waals surface area contributed by atoms with Crippen LogP contribution < -0.4 is 0 Å². The van der Waals surface area contributed by atoms with Crippen molar-refractivity contribution in [2.45, 2.75) is 32.4 Å². The number of rotatable bonds is 5. The standard InChI is InChI=1S/C15H20N2O5/c1-15(2,14(20)21)16(3)13(19)10-7-12(18)17(8-10)9-11-5-4-6-22-11/h4-6,10H,7-9H2,1-3H3,(H,20,21). The Morgan fingerprint density at radius 3 is 2.73 bits per heavy atom. The summed E-state index contributed by atoms with van der Waals surface area (Å²) in [6.07, 6.45) is 1.63. The maximum absolute atomic E-state index is 12.5. The molecular formula is C15H20N2O5. The lowest BCUT2D eigenvalue weighted by Gasteiger charge is -2.33. The molecule has 1 N–H and O–H groups in total. The van der Waals surface area contributed by atoms with Gasteiger partial charge in [0.15, 0.2) is 0 Å². The highest BCUT2D eigenvalue weighted by Gasteiger charge is 2.42. The van der Waals surface area contributed by atoms with Gasteiger partial charge in [-0.1, -0.05) is 0 Å². The molecule has 120 valence electrons. The summed E-state index contributed by atoms with van der Waals surface area (Å²) in [5.41, 5.74) is -1.31. The normalized spacial score (nSPS) is 18.6. The van der Waals surface area contributed by atoms with Crippen LogP contribution in [0.3, 0.4) is 0 Å². The van der Waals surface area contributed by atoms with Crippen LogP contribution >= 0.6 is 0 Å². The van der Waals surface area contributed by atoms with Crippen LogP contribution in [0.15, 0.2) is 22.8 Å². The minimum atomic E-state index is -1.31. The van der Waals surface area contributed by atoms with Crippen molar-refractivity contribution in [3.05, 3.63) is 24.2 Å². The van der Waals surface area contributed by atoms with E-state index in [1.165, 1.54) is 32.1 Å². The number of carbonyl (C=O) groups is 3. The Bertz CT molecular complexity index is 579.